The molecule has 0 aliphatic heterocycles. The quantitative estimate of drug-likeness (QED) is 0.189. The first kappa shape index (κ1) is 27.9. The molecule has 0 radical (unpaired) electrons. The summed E-state index contributed by atoms with van der Waals surface area (Å²) in [4.78, 5) is 14.7. The van der Waals surface area contributed by atoms with E-state index < -0.39 is 0 Å². The number of benzene rings is 7. The van der Waals surface area contributed by atoms with Crippen molar-refractivity contribution in [2.24, 2.45) is 0 Å². The molecule has 0 fully saturated rings. The first-order chi connectivity index (χ1) is 25.3. The van der Waals surface area contributed by atoms with Crippen molar-refractivity contribution in [3.8, 4) is 39.9 Å². The maximum Gasteiger partial charge on any atom is 0.164 e. The van der Waals surface area contributed by atoms with Crippen LogP contribution >= 0.6 is 0 Å². The molecule has 0 amide bonds. The van der Waals surface area contributed by atoms with E-state index in [2.05, 4.69) is 83.4 Å². The molecule has 0 aliphatic rings. The van der Waals surface area contributed by atoms with E-state index in [1.807, 2.05) is 78.9 Å². The minimum absolute atomic E-state index is 0.584. The Hall–Kier alpha value is -7.05. The molecule has 51 heavy (non-hydrogen) atoms. The van der Waals surface area contributed by atoms with Crippen LogP contribution in [-0.2, 0) is 0 Å². The Morgan fingerprint density at radius 1 is 0.353 bits per heavy atom. The van der Waals surface area contributed by atoms with Gasteiger partial charge < -0.3 is 13.4 Å². The zero-order valence-corrected chi connectivity index (χ0v) is 27.1. The Labute approximate surface area is 290 Å². The second kappa shape index (κ2) is 10.7. The van der Waals surface area contributed by atoms with Gasteiger partial charge in [-0.25, -0.2) is 15.0 Å². The van der Waals surface area contributed by atoms with Gasteiger partial charge in [-0.1, -0.05) is 109 Å². The highest BCUT2D eigenvalue weighted by Gasteiger charge is 2.20. The lowest BCUT2D eigenvalue weighted by molar-refractivity contribution is 0.656. The maximum absolute atomic E-state index is 6.53. The third-order valence-electron chi connectivity index (χ3n) is 9.85. The molecule has 0 aliphatic carbocycles. The predicted octanol–water partition coefficient (Wildman–Crippen LogP) is 11.8. The van der Waals surface area contributed by atoms with Crippen molar-refractivity contribution in [1.29, 1.82) is 0 Å². The predicted molar refractivity (Wildman–Crippen MR) is 205 cm³/mol. The summed E-state index contributed by atoms with van der Waals surface area (Å²) in [6, 6.07) is 53.9. The lowest BCUT2D eigenvalue weighted by Gasteiger charge is -2.09. The van der Waals surface area contributed by atoms with Crippen LogP contribution in [-0.4, -0.2) is 19.5 Å². The number of furan rings is 2. The van der Waals surface area contributed by atoms with E-state index >= 15 is 0 Å². The molecule has 0 atom stereocenters. The van der Waals surface area contributed by atoms with Crippen molar-refractivity contribution in [1.82, 2.24) is 19.5 Å². The second-order valence-corrected chi connectivity index (χ2v) is 12.8. The molecule has 11 aromatic rings. The van der Waals surface area contributed by atoms with Gasteiger partial charge in [0.1, 0.15) is 22.3 Å². The summed E-state index contributed by atoms with van der Waals surface area (Å²) in [7, 11) is 0. The lowest BCUT2D eigenvalue weighted by Crippen LogP contribution is -2.00. The molecule has 0 unspecified atom stereocenters. The highest BCUT2D eigenvalue weighted by molar-refractivity contribution is 6.18. The van der Waals surface area contributed by atoms with Crippen molar-refractivity contribution in [2.75, 3.05) is 0 Å². The molecule has 0 saturated heterocycles. The van der Waals surface area contributed by atoms with Gasteiger partial charge in [0, 0.05) is 49.7 Å². The molecule has 4 aromatic heterocycles. The Balaban J connectivity index is 1.10. The Morgan fingerprint density at radius 2 is 0.902 bits per heavy atom. The van der Waals surface area contributed by atoms with Crippen LogP contribution in [0.2, 0.25) is 0 Å². The zero-order chi connectivity index (χ0) is 33.5. The van der Waals surface area contributed by atoms with Crippen LogP contribution in [0.15, 0.2) is 167 Å². The molecule has 4 heterocycles. The highest BCUT2D eigenvalue weighted by Crippen LogP contribution is 2.42. The van der Waals surface area contributed by atoms with Crippen molar-refractivity contribution < 1.29 is 8.83 Å². The number of hydrogen-bond donors (Lipinski definition) is 0. The van der Waals surface area contributed by atoms with E-state index in [-0.39, 0.29) is 0 Å². The van der Waals surface area contributed by atoms with Crippen molar-refractivity contribution in [2.45, 2.75) is 0 Å². The van der Waals surface area contributed by atoms with Gasteiger partial charge in [-0.2, -0.15) is 0 Å². The van der Waals surface area contributed by atoms with Crippen molar-refractivity contribution >= 4 is 65.7 Å². The van der Waals surface area contributed by atoms with E-state index in [1.165, 1.54) is 10.8 Å². The van der Waals surface area contributed by atoms with Crippen LogP contribution in [0.1, 0.15) is 0 Å². The molecule has 238 valence electrons. The summed E-state index contributed by atoms with van der Waals surface area (Å²) in [6.07, 6.45) is 0. The van der Waals surface area contributed by atoms with Crippen LogP contribution in [0.5, 0.6) is 0 Å². The summed E-state index contributed by atoms with van der Waals surface area (Å²) in [5.74, 6) is 1.83. The normalized spacial score (nSPS) is 11.9. The zero-order valence-electron chi connectivity index (χ0n) is 27.1. The number of aromatic nitrogens is 4. The van der Waals surface area contributed by atoms with Gasteiger partial charge in [0.25, 0.3) is 0 Å². The van der Waals surface area contributed by atoms with Gasteiger partial charge >= 0.3 is 0 Å². The molecule has 0 N–H and O–H groups in total. The summed E-state index contributed by atoms with van der Waals surface area (Å²) < 4.78 is 15.4. The van der Waals surface area contributed by atoms with Gasteiger partial charge in [0.15, 0.2) is 17.5 Å². The van der Waals surface area contributed by atoms with Crippen LogP contribution in [0.25, 0.3) is 106 Å². The Kier molecular flexibility index (Phi) is 5.86. The third kappa shape index (κ3) is 4.26. The fraction of sp³-hybridized carbons (Fsp3) is 0. The summed E-state index contributed by atoms with van der Waals surface area (Å²) in [5.41, 5.74) is 9.24. The number of para-hydroxylation sites is 2. The molecular weight excluding hydrogens is 629 g/mol. The van der Waals surface area contributed by atoms with E-state index in [9.17, 15) is 0 Å². The first-order valence-corrected chi connectivity index (χ1v) is 16.9. The van der Waals surface area contributed by atoms with Crippen molar-refractivity contribution in [3.63, 3.8) is 0 Å². The Bertz CT molecular complexity index is 3030. The molecule has 6 heteroatoms. The number of hydrogen-bond acceptors (Lipinski definition) is 5. The lowest BCUT2D eigenvalue weighted by atomic mass is 10.1. The Morgan fingerprint density at radius 3 is 1.57 bits per heavy atom. The molecule has 6 nitrogen and oxygen atoms in total. The average Bonchev–Trinajstić information content (AvgIpc) is 3.86. The third-order valence-corrected chi connectivity index (χ3v) is 9.85. The molecule has 7 aromatic carbocycles. The molecule has 0 bridgehead atoms. The largest absolute Gasteiger partial charge is 0.456 e. The molecule has 0 saturated carbocycles. The van der Waals surface area contributed by atoms with Gasteiger partial charge in [-0.05, 0) is 42.5 Å². The molecule has 0 spiro atoms. The number of nitrogens with zero attached hydrogens (tertiary/aromatic N) is 4. The van der Waals surface area contributed by atoms with E-state index in [4.69, 9.17) is 23.8 Å². The van der Waals surface area contributed by atoms with Crippen LogP contribution in [0.3, 0.4) is 0 Å². The standard InChI is InChI=1S/C45H26N4O2/c1-3-12-27(13-4-1)43-46-44(28-14-5-2-6-15-28)48-45(47-43)29-22-23-32-33-25-34-41(26-40(33)51-39(32)24-29)50-38-21-11-20-37(42(34)38)49-35-18-9-7-16-30(35)31-17-8-10-19-36(31)49/h1-26H. The average molecular weight is 655 g/mol. The van der Waals surface area contributed by atoms with Gasteiger partial charge in [0.2, 0.25) is 0 Å². The van der Waals surface area contributed by atoms with Gasteiger partial charge in [-0.15, -0.1) is 0 Å². The monoisotopic (exact) mass is 654 g/mol. The highest BCUT2D eigenvalue weighted by atomic mass is 16.3. The minimum Gasteiger partial charge on any atom is -0.456 e. The van der Waals surface area contributed by atoms with E-state index in [0.29, 0.717) is 17.5 Å². The van der Waals surface area contributed by atoms with Crippen molar-refractivity contribution in [3.05, 3.63) is 158 Å². The van der Waals surface area contributed by atoms with Gasteiger partial charge in [0.05, 0.1) is 22.1 Å². The fourth-order valence-corrected chi connectivity index (χ4v) is 7.52. The second-order valence-electron chi connectivity index (χ2n) is 12.8. The summed E-state index contributed by atoms with van der Waals surface area (Å²) in [5, 5.41) is 6.59. The molecule has 11 rings (SSSR count). The van der Waals surface area contributed by atoms with Crippen LogP contribution in [0, 0.1) is 0 Å². The van der Waals surface area contributed by atoms with E-state index in [0.717, 1.165) is 77.3 Å². The first-order valence-electron chi connectivity index (χ1n) is 16.9. The van der Waals surface area contributed by atoms with Crippen LogP contribution < -0.4 is 0 Å². The van der Waals surface area contributed by atoms with E-state index in [1.54, 1.807) is 0 Å². The fourth-order valence-electron chi connectivity index (χ4n) is 7.52. The minimum atomic E-state index is 0.584. The SMILES string of the molecule is c1ccc(-c2nc(-c3ccccc3)nc(-c3ccc4c(c3)oc3cc5oc6cccc(-n7c8ccccc8c8ccccc87)c6c5cc34)n2)cc1. The smallest absolute Gasteiger partial charge is 0.164 e. The number of fused-ring (bicyclic) bond motifs is 9. The topological polar surface area (TPSA) is 69.9 Å². The molecular formula is C45H26N4O2. The number of rotatable bonds is 4. The summed E-state index contributed by atoms with van der Waals surface area (Å²) >= 11 is 0. The van der Waals surface area contributed by atoms with Crippen LogP contribution in [0.4, 0.5) is 0 Å². The maximum atomic E-state index is 6.53. The van der Waals surface area contributed by atoms with Gasteiger partial charge in [-0.3, -0.25) is 0 Å². The summed E-state index contributed by atoms with van der Waals surface area (Å²) in [6.45, 7) is 0.